The zero-order chi connectivity index (χ0) is 9.97. The van der Waals surface area contributed by atoms with E-state index in [1.807, 2.05) is 0 Å². The fourth-order valence-corrected chi connectivity index (χ4v) is 2.45. The van der Waals surface area contributed by atoms with Gasteiger partial charge in [-0.1, -0.05) is 0 Å². The molecule has 2 aromatic heterocycles. The summed E-state index contributed by atoms with van der Waals surface area (Å²) in [6.45, 7) is 0.111. The van der Waals surface area contributed by atoms with Gasteiger partial charge in [-0.25, -0.2) is 15.0 Å². The van der Waals surface area contributed by atoms with Crippen LogP contribution < -0.4 is 5.73 Å². The van der Waals surface area contributed by atoms with Gasteiger partial charge in [0.05, 0.1) is 12.1 Å². The van der Waals surface area contributed by atoms with Crippen molar-refractivity contribution in [2.24, 2.45) is 0 Å². The maximum Gasteiger partial charge on any atom is 0.222 e. The first-order valence-electron chi connectivity index (χ1n) is 3.91. The van der Waals surface area contributed by atoms with Crippen molar-refractivity contribution in [1.82, 2.24) is 15.0 Å². The van der Waals surface area contributed by atoms with E-state index in [1.165, 1.54) is 23.1 Å². The van der Waals surface area contributed by atoms with Crippen molar-refractivity contribution in [3.63, 3.8) is 0 Å². The first-order chi connectivity index (χ1) is 6.81. The maximum absolute atomic E-state index is 8.71. The molecule has 0 saturated carbocycles. The van der Waals surface area contributed by atoms with E-state index in [0.717, 1.165) is 15.4 Å². The lowest BCUT2D eigenvalue weighted by Crippen LogP contribution is -1.97. The minimum Gasteiger partial charge on any atom is -0.396 e. The summed E-state index contributed by atoms with van der Waals surface area (Å²) in [5.74, 6) is 0.838. The molecule has 5 nitrogen and oxygen atoms in total. The smallest absolute Gasteiger partial charge is 0.222 e. The van der Waals surface area contributed by atoms with Crippen LogP contribution in [0, 0.1) is 0 Å². The van der Waals surface area contributed by atoms with Crippen LogP contribution in [0.15, 0.2) is 10.5 Å². The van der Waals surface area contributed by atoms with Crippen molar-refractivity contribution in [3.8, 4) is 0 Å². The highest BCUT2D eigenvalue weighted by atomic mass is 32.2. The highest BCUT2D eigenvalue weighted by molar-refractivity contribution is 7.99. The minimum absolute atomic E-state index is 0.111. The largest absolute Gasteiger partial charge is 0.396 e. The van der Waals surface area contributed by atoms with E-state index in [1.54, 1.807) is 5.51 Å². The Morgan fingerprint density at radius 3 is 3.14 bits per heavy atom. The molecule has 0 saturated heterocycles. The summed E-state index contributed by atoms with van der Waals surface area (Å²) in [5.41, 5.74) is 8.01. The summed E-state index contributed by atoms with van der Waals surface area (Å²) < 4.78 is 0. The molecule has 2 aromatic rings. The number of hydrogen-bond donors (Lipinski definition) is 2. The number of aliphatic hydroxyl groups is 1. The Balaban J connectivity index is 2.44. The number of thiazole rings is 1. The first kappa shape index (κ1) is 9.63. The number of aromatic nitrogens is 3. The molecule has 0 atom stereocenters. The number of nitrogens with zero attached hydrogens (tertiary/aromatic N) is 3. The molecule has 7 heteroatoms. The van der Waals surface area contributed by atoms with Gasteiger partial charge in [0.15, 0.2) is 0 Å². The van der Waals surface area contributed by atoms with Gasteiger partial charge in [0.25, 0.3) is 0 Å². The van der Waals surface area contributed by atoms with E-state index >= 15 is 0 Å². The summed E-state index contributed by atoms with van der Waals surface area (Å²) in [5, 5.41) is 9.44. The van der Waals surface area contributed by atoms with Crippen LogP contribution in [-0.4, -0.2) is 32.4 Å². The van der Waals surface area contributed by atoms with E-state index in [-0.39, 0.29) is 12.6 Å². The molecule has 0 bridgehead atoms. The number of nitrogen functional groups attached to an aromatic ring is 1. The van der Waals surface area contributed by atoms with Crippen LogP contribution in [0.1, 0.15) is 0 Å². The molecule has 0 unspecified atom stereocenters. The summed E-state index contributed by atoms with van der Waals surface area (Å²) >= 11 is 2.86. The van der Waals surface area contributed by atoms with E-state index in [9.17, 15) is 0 Å². The molecule has 2 rings (SSSR count). The average Bonchev–Trinajstić information content (AvgIpc) is 2.61. The molecule has 0 aromatic carbocycles. The van der Waals surface area contributed by atoms with Crippen LogP contribution in [0.4, 0.5) is 5.95 Å². The zero-order valence-corrected chi connectivity index (χ0v) is 8.81. The van der Waals surface area contributed by atoms with Gasteiger partial charge in [0.2, 0.25) is 5.95 Å². The quantitative estimate of drug-likeness (QED) is 0.595. The molecule has 74 valence electrons. The predicted octanol–water partition coefficient (Wildman–Crippen LogP) is 0.753. The lowest BCUT2D eigenvalue weighted by Gasteiger charge is -2.00. The van der Waals surface area contributed by atoms with Crippen molar-refractivity contribution >= 4 is 39.4 Å². The van der Waals surface area contributed by atoms with Crippen LogP contribution in [0.3, 0.4) is 0 Å². The lowest BCUT2D eigenvalue weighted by molar-refractivity contribution is 0.322. The third kappa shape index (κ3) is 1.79. The third-order valence-corrected chi connectivity index (χ3v) is 3.18. The van der Waals surface area contributed by atoms with Gasteiger partial charge in [-0.2, -0.15) is 0 Å². The topological polar surface area (TPSA) is 84.9 Å². The molecule has 0 spiro atoms. The second-order valence-electron chi connectivity index (χ2n) is 2.47. The number of thioether (sulfide) groups is 1. The van der Waals surface area contributed by atoms with Crippen molar-refractivity contribution < 1.29 is 5.11 Å². The Morgan fingerprint density at radius 1 is 1.50 bits per heavy atom. The van der Waals surface area contributed by atoms with Crippen molar-refractivity contribution in [1.29, 1.82) is 0 Å². The van der Waals surface area contributed by atoms with Gasteiger partial charge in [-0.3, -0.25) is 0 Å². The molecule has 0 aliphatic rings. The number of nitrogens with two attached hydrogens (primary N) is 1. The molecule has 0 radical (unpaired) electrons. The van der Waals surface area contributed by atoms with E-state index in [2.05, 4.69) is 15.0 Å². The molecule has 0 amide bonds. The minimum atomic E-state index is 0.111. The molecular weight excluding hydrogens is 220 g/mol. The molecule has 0 fully saturated rings. The number of rotatable bonds is 3. The molecular formula is C7H8N4OS2. The van der Waals surface area contributed by atoms with Crippen molar-refractivity contribution in [2.45, 2.75) is 5.03 Å². The highest BCUT2D eigenvalue weighted by Gasteiger charge is 2.08. The van der Waals surface area contributed by atoms with Crippen LogP contribution in [0.2, 0.25) is 0 Å². The second kappa shape index (κ2) is 4.07. The third-order valence-electron chi connectivity index (χ3n) is 1.51. The van der Waals surface area contributed by atoms with Crippen molar-refractivity contribution in [3.05, 3.63) is 5.51 Å². The summed E-state index contributed by atoms with van der Waals surface area (Å²) in [7, 11) is 0. The van der Waals surface area contributed by atoms with E-state index in [4.69, 9.17) is 10.8 Å². The molecule has 0 aliphatic heterocycles. The van der Waals surface area contributed by atoms with Crippen molar-refractivity contribution in [2.75, 3.05) is 18.1 Å². The summed E-state index contributed by atoms with van der Waals surface area (Å²) in [6, 6.07) is 0. The number of anilines is 1. The average molecular weight is 228 g/mol. The summed E-state index contributed by atoms with van der Waals surface area (Å²) in [6.07, 6.45) is 0. The Hall–Kier alpha value is -0.920. The van der Waals surface area contributed by atoms with E-state index in [0.29, 0.717) is 5.75 Å². The van der Waals surface area contributed by atoms with Gasteiger partial charge in [-0.15, -0.1) is 23.1 Å². The zero-order valence-electron chi connectivity index (χ0n) is 7.17. The predicted molar refractivity (Wildman–Crippen MR) is 57.4 cm³/mol. The normalized spacial score (nSPS) is 10.9. The van der Waals surface area contributed by atoms with Gasteiger partial charge in [0.1, 0.15) is 15.4 Å². The SMILES string of the molecule is Nc1nc(SCCO)c2ncsc2n1. The van der Waals surface area contributed by atoms with Crippen LogP contribution in [-0.2, 0) is 0 Å². The molecule has 3 N–H and O–H groups in total. The molecule has 14 heavy (non-hydrogen) atoms. The number of hydrogen-bond acceptors (Lipinski definition) is 7. The Morgan fingerprint density at radius 2 is 2.36 bits per heavy atom. The summed E-state index contributed by atoms with van der Waals surface area (Å²) in [4.78, 5) is 13.1. The number of fused-ring (bicyclic) bond motifs is 1. The number of aliphatic hydroxyl groups excluding tert-OH is 1. The standard InChI is InChI=1S/C7H8N4OS2/c8-7-10-5(13-2-1-12)4-6(11-7)14-3-9-4/h3,12H,1-2H2,(H2,8,10,11). The molecule has 0 aliphatic carbocycles. The first-order valence-corrected chi connectivity index (χ1v) is 5.78. The Bertz CT molecular complexity index is 444. The van der Waals surface area contributed by atoms with Crippen LogP contribution >= 0.6 is 23.1 Å². The van der Waals surface area contributed by atoms with Crippen LogP contribution in [0.25, 0.3) is 10.3 Å². The molecule has 2 heterocycles. The Kier molecular flexibility index (Phi) is 2.80. The van der Waals surface area contributed by atoms with Gasteiger partial charge in [0, 0.05) is 5.75 Å². The van der Waals surface area contributed by atoms with Crippen LogP contribution in [0.5, 0.6) is 0 Å². The second-order valence-corrected chi connectivity index (χ2v) is 4.38. The van der Waals surface area contributed by atoms with E-state index < -0.39 is 0 Å². The Labute approximate surface area is 88.4 Å². The maximum atomic E-state index is 8.71. The van der Waals surface area contributed by atoms with Gasteiger partial charge >= 0.3 is 0 Å². The fourth-order valence-electron chi connectivity index (χ4n) is 0.995. The highest BCUT2D eigenvalue weighted by Crippen LogP contribution is 2.26. The lowest BCUT2D eigenvalue weighted by atomic mass is 10.6. The monoisotopic (exact) mass is 228 g/mol. The van der Waals surface area contributed by atoms with Gasteiger partial charge < -0.3 is 10.8 Å². The fraction of sp³-hybridized carbons (Fsp3) is 0.286. The van der Waals surface area contributed by atoms with Gasteiger partial charge in [-0.05, 0) is 0 Å².